The van der Waals surface area contributed by atoms with Crippen LogP contribution < -0.4 is 10.1 Å². The maximum absolute atomic E-state index is 12.4. The molecular formula is C19H21BrN2O2. The van der Waals surface area contributed by atoms with E-state index in [1.807, 2.05) is 49.5 Å². The summed E-state index contributed by atoms with van der Waals surface area (Å²) in [5.74, 6) is 0.661. The Labute approximate surface area is 150 Å². The summed E-state index contributed by atoms with van der Waals surface area (Å²) in [6, 6.07) is 11.6. The zero-order valence-electron chi connectivity index (χ0n) is 13.7. The van der Waals surface area contributed by atoms with Crippen molar-refractivity contribution in [3.05, 3.63) is 58.2 Å². The lowest BCUT2D eigenvalue weighted by Gasteiger charge is -2.29. The topological polar surface area (TPSA) is 51.2 Å². The number of benzene rings is 1. The lowest BCUT2D eigenvalue weighted by molar-refractivity contribution is 0.0889. The third-order valence-corrected chi connectivity index (χ3v) is 4.99. The van der Waals surface area contributed by atoms with Gasteiger partial charge in [0.1, 0.15) is 6.10 Å². The molecule has 1 N–H and O–H groups in total. The molecule has 2 aromatic rings. The van der Waals surface area contributed by atoms with Gasteiger partial charge in [0.2, 0.25) is 5.88 Å². The van der Waals surface area contributed by atoms with Crippen molar-refractivity contribution in [1.82, 2.24) is 10.3 Å². The van der Waals surface area contributed by atoms with E-state index < -0.39 is 0 Å². The Hall–Kier alpha value is -1.88. The first-order valence-corrected chi connectivity index (χ1v) is 9.06. The second kappa shape index (κ2) is 7.79. The highest BCUT2D eigenvalue weighted by atomic mass is 79.9. The van der Waals surface area contributed by atoms with Crippen LogP contribution in [0.15, 0.2) is 47.1 Å². The smallest absolute Gasteiger partial charge is 0.252 e. The molecule has 1 fully saturated rings. The summed E-state index contributed by atoms with van der Waals surface area (Å²) >= 11 is 3.43. The Morgan fingerprint density at radius 1 is 1.17 bits per heavy atom. The second-order valence-electron chi connectivity index (χ2n) is 6.22. The molecule has 24 heavy (non-hydrogen) atoms. The van der Waals surface area contributed by atoms with Gasteiger partial charge in [-0.3, -0.25) is 4.79 Å². The van der Waals surface area contributed by atoms with E-state index in [-0.39, 0.29) is 18.1 Å². The van der Waals surface area contributed by atoms with Crippen LogP contribution in [0.25, 0.3) is 0 Å². The molecule has 126 valence electrons. The Morgan fingerprint density at radius 2 is 1.92 bits per heavy atom. The van der Waals surface area contributed by atoms with Crippen LogP contribution in [0.4, 0.5) is 0 Å². The van der Waals surface area contributed by atoms with Gasteiger partial charge in [-0.15, -0.1) is 0 Å². The van der Waals surface area contributed by atoms with Gasteiger partial charge >= 0.3 is 0 Å². The number of aromatic nitrogens is 1. The van der Waals surface area contributed by atoms with Gasteiger partial charge in [-0.25, -0.2) is 4.98 Å². The van der Waals surface area contributed by atoms with Gasteiger partial charge in [0.25, 0.3) is 5.91 Å². The number of carbonyl (C=O) groups excluding carboxylic acids is 1. The van der Waals surface area contributed by atoms with Crippen LogP contribution in [0.1, 0.15) is 41.6 Å². The van der Waals surface area contributed by atoms with Crippen LogP contribution in [0.3, 0.4) is 0 Å². The van der Waals surface area contributed by atoms with E-state index >= 15 is 0 Å². The lowest BCUT2D eigenvalue weighted by Crippen LogP contribution is -2.39. The Morgan fingerprint density at radius 3 is 2.58 bits per heavy atom. The minimum absolute atomic E-state index is 0.0213. The van der Waals surface area contributed by atoms with Gasteiger partial charge in [0.05, 0.1) is 5.56 Å². The van der Waals surface area contributed by atoms with Crippen LogP contribution in [-0.2, 0) is 0 Å². The standard InChI is InChI=1S/C19H21BrN2O2/c1-13-6-11-18(21-12-13)24-15-9-7-14(8-10-15)22-19(23)16-4-2-3-5-17(16)20/h2-6,11-12,14-15H,7-10H2,1H3,(H,22,23). The van der Waals surface area contributed by atoms with Gasteiger partial charge in [-0.2, -0.15) is 0 Å². The van der Waals surface area contributed by atoms with Crippen LogP contribution in [-0.4, -0.2) is 23.0 Å². The molecule has 0 unspecified atom stereocenters. The maximum atomic E-state index is 12.4. The van der Waals surface area contributed by atoms with Crippen molar-refractivity contribution < 1.29 is 9.53 Å². The zero-order valence-corrected chi connectivity index (χ0v) is 15.3. The van der Waals surface area contributed by atoms with Crippen molar-refractivity contribution in [3.63, 3.8) is 0 Å². The molecule has 0 atom stereocenters. The third kappa shape index (κ3) is 4.35. The van der Waals surface area contributed by atoms with E-state index in [4.69, 9.17) is 4.74 Å². The number of halogens is 1. The second-order valence-corrected chi connectivity index (χ2v) is 7.07. The molecule has 0 radical (unpaired) electrons. The minimum Gasteiger partial charge on any atom is -0.474 e. The van der Waals surface area contributed by atoms with E-state index in [2.05, 4.69) is 26.2 Å². The van der Waals surface area contributed by atoms with Crippen molar-refractivity contribution in [2.45, 2.75) is 44.8 Å². The van der Waals surface area contributed by atoms with Crippen LogP contribution in [0, 0.1) is 6.92 Å². The van der Waals surface area contributed by atoms with E-state index in [0.29, 0.717) is 11.4 Å². The number of nitrogens with zero attached hydrogens (tertiary/aromatic N) is 1. The van der Waals surface area contributed by atoms with E-state index in [9.17, 15) is 4.79 Å². The number of hydrogen-bond acceptors (Lipinski definition) is 3. The van der Waals surface area contributed by atoms with E-state index in [0.717, 1.165) is 35.7 Å². The number of amides is 1. The maximum Gasteiger partial charge on any atom is 0.252 e. The highest BCUT2D eigenvalue weighted by molar-refractivity contribution is 9.10. The number of carbonyl (C=O) groups is 1. The third-order valence-electron chi connectivity index (χ3n) is 4.30. The average molecular weight is 389 g/mol. The number of rotatable bonds is 4. The van der Waals surface area contributed by atoms with Crippen molar-refractivity contribution in [3.8, 4) is 5.88 Å². The predicted molar refractivity (Wildman–Crippen MR) is 97.3 cm³/mol. The number of nitrogens with one attached hydrogen (secondary N) is 1. The minimum atomic E-state index is -0.0213. The van der Waals surface area contributed by atoms with Gasteiger partial charge in [-0.1, -0.05) is 18.2 Å². The largest absolute Gasteiger partial charge is 0.474 e. The molecular weight excluding hydrogens is 368 g/mol. The van der Waals surface area contributed by atoms with Crippen molar-refractivity contribution in [2.24, 2.45) is 0 Å². The average Bonchev–Trinajstić information content (AvgIpc) is 2.59. The van der Waals surface area contributed by atoms with Crippen LogP contribution in [0.5, 0.6) is 5.88 Å². The first-order chi connectivity index (χ1) is 11.6. The van der Waals surface area contributed by atoms with Crippen molar-refractivity contribution in [2.75, 3.05) is 0 Å². The summed E-state index contributed by atoms with van der Waals surface area (Å²) in [7, 11) is 0. The summed E-state index contributed by atoms with van der Waals surface area (Å²) in [4.78, 5) is 16.6. The van der Waals surface area contributed by atoms with E-state index in [1.165, 1.54) is 0 Å². The van der Waals surface area contributed by atoms with E-state index in [1.54, 1.807) is 0 Å². The van der Waals surface area contributed by atoms with Gasteiger partial charge in [0.15, 0.2) is 0 Å². The molecule has 0 bridgehead atoms. The summed E-state index contributed by atoms with van der Waals surface area (Å²) in [6.45, 7) is 2.01. The molecule has 1 amide bonds. The SMILES string of the molecule is Cc1ccc(OC2CCC(NC(=O)c3ccccc3Br)CC2)nc1. The fourth-order valence-corrected chi connectivity index (χ4v) is 3.39. The highest BCUT2D eigenvalue weighted by Crippen LogP contribution is 2.24. The molecule has 5 heteroatoms. The summed E-state index contributed by atoms with van der Waals surface area (Å²) < 4.78 is 6.76. The fourth-order valence-electron chi connectivity index (χ4n) is 2.93. The summed E-state index contributed by atoms with van der Waals surface area (Å²) in [5, 5.41) is 3.13. The quantitative estimate of drug-likeness (QED) is 0.850. The first kappa shape index (κ1) is 17.0. The molecule has 0 aliphatic heterocycles. The highest BCUT2D eigenvalue weighted by Gasteiger charge is 2.24. The number of pyridine rings is 1. The molecule has 1 aromatic heterocycles. The molecule has 3 rings (SSSR count). The summed E-state index contributed by atoms with van der Waals surface area (Å²) in [6.07, 6.45) is 5.70. The first-order valence-electron chi connectivity index (χ1n) is 8.26. The normalized spacial score (nSPS) is 20.4. The molecule has 1 aliphatic rings. The molecule has 1 aliphatic carbocycles. The van der Waals surface area contributed by atoms with Crippen molar-refractivity contribution >= 4 is 21.8 Å². The lowest BCUT2D eigenvalue weighted by atomic mass is 9.92. The molecule has 1 heterocycles. The zero-order chi connectivity index (χ0) is 16.9. The number of aryl methyl sites for hydroxylation is 1. The van der Waals surface area contributed by atoms with Crippen LogP contribution in [0.2, 0.25) is 0 Å². The number of hydrogen-bond donors (Lipinski definition) is 1. The van der Waals surface area contributed by atoms with Gasteiger partial charge in [-0.05, 0) is 66.2 Å². The molecule has 0 saturated heterocycles. The Kier molecular flexibility index (Phi) is 5.51. The number of ether oxygens (including phenoxy) is 1. The van der Waals surface area contributed by atoms with Crippen LogP contribution >= 0.6 is 15.9 Å². The molecule has 1 aromatic carbocycles. The van der Waals surface area contributed by atoms with Gasteiger partial charge in [0, 0.05) is 22.8 Å². The molecule has 4 nitrogen and oxygen atoms in total. The van der Waals surface area contributed by atoms with Crippen molar-refractivity contribution in [1.29, 1.82) is 0 Å². The van der Waals surface area contributed by atoms with Gasteiger partial charge < -0.3 is 10.1 Å². The molecule has 0 spiro atoms. The monoisotopic (exact) mass is 388 g/mol. The molecule has 1 saturated carbocycles. The predicted octanol–water partition coefficient (Wildman–Crippen LogP) is 4.27. The summed E-state index contributed by atoms with van der Waals surface area (Å²) in [5.41, 5.74) is 1.81. The Bertz CT molecular complexity index is 695. The Balaban J connectivity index is 1.49. The fraction of sp³-hybridized carbons (Fsp3) is 0.368.